The van der Waals surface area contributed by atoms with E-state index in [1.165, 1.54) is 4.90 Å². The van der Waals surface area contributed by atoms with Crippen LogP contribution >= 0.6 is 0 Å². The minimum atomic E-state index is -1.16. The number of aromatic nitrogens is 1. The third kappa shape index (κ3) is 2.67. The fourth-order valence-electron chi connectivity index (χ4n) is 2.01. The third-order valence-corrected chi connectivity index (χ3v) is 3.41. The van der Waals surface area contributed by atoms with Gasteiger partial charge in [0.15, 0.2) is 5.60 Å². The van der Waals surface area contributed by atoms with Crippen molar-refractivity contribution < 1.29 is 18.8 Å². The zero-order chi connectivity index (χ0) is 14.9. The molecular formula is C13H19N3O4. The van der Waals surface area contributed by atoms with Crippen LogP contribution in [0.5, 0.6) is 0 Å². The van der Waals surface area contributed by atoms with E-state index in [0.29, 0.717) is 6.54 Å². The van der Waals surface area contributed by atoms with Crippen LogP contribution in [0.4, 0.5) is 0 Å². The lowest BCUT2D eigenvalue weighted by Gasteiger charge is -2.37. The van der Waals surface area contributed by atoms with Gasteiger partial charge in [-0.25, -0.2) is 0 Å². The Kier molecular flexibility index (Phi) is 3.80. The summed E-state index contributed by atoms with van der Waals surface area (Å²) in [4.78, 5) is 25.2. The molecule has 2 N–H and O–H groups in total. The Hall–Kier alpha value is -1.89. The second-order valence-corrected chi connectivity index (χ2v) is 5.44. The summed E-state index contributed by atoms with van der Waals surface area (Å²) in [6.07, 6.45) is 0. The fraction of sp³-hybridized carbons (Fsp3) is 0.615. The van der Waals surface area contributed by atoms with Crippen molar-refractivity contribution in [2.45, 2.75) is 32.3 Å². The summed E-state index contributed by atoms with van der Waals surface area (Å²) in [5, 5.41) is 3.86. The Morgan fingerprint density at radius 3 is 2.75 bits per heavy atom. The van der Waals surface area contributed by atoms with Crippen LogP contribution in [0.25, 0.3) is 0 Å². The molecule has 20 heavy (non-hydrogen) atoms. The molecule has 1 aromatic heterocycles. The molecule has 0 aliphatic carbocycles. The summed E-state index contributed by atoms with van der Waals surface area (Å²) in [6, 6.07) is 1.63. The predicted octanol–water partition coefficient (Wildman–Crippen LogP) is 0.514. The average molecular weight is 281 g/mol. The molecular weight excluding hydrogens is 262 g/mol. The molecule has 7 nitrogen and oxygen atoms in total. The number of hydrogen-bond acceptors (Lipinski definition) is 5. The first kappa shape index (κ1) is 14.5. The molecule has 1 aliphatic rings. The lowest BCUT2D eigenvalue weighted by atomic mass is 10.0. The highest BCUT2D eigenvalue weighted by Crippen LogP contribution is 2.20. The fourth-order valence-corrected chi connectivity index (χ4v) is 2.01. The third-order valence-electron chi connectivity index (χ3n) is 3.41. The zero-order valence-electron chi connectivity index (χ0n) is 11.9. The van der Waals surface area contributed by atoms with Crippen molar-refractivity contribution in [3.8, 4) is 0 Å². The van der Waals surface area contributed by atoms with Gasteiger partial charge in [0.1, 0.15) is 0 Å². The molecule has 1 fully saturated rings. The van der Waals surface area contributed by atoms with Crippen molar-refractivity contribution in [2.75, 3.05) is 19.7 Å². The van der Waals surface area contributed by atoms with Gasteiger partial charge < -0.3 is 19.9 Å². The van der Waals surface area contributed by atoms with Crippen LogP contribution in [0.1, 0.15) is 42.9 Å². The van der Waals surface area contributed by atoms with Gasteiger partial charge in [0, 0.05) is 12.6 Å². The van der Waals surface area contributed by atoms with E-state index in [-0.39, 0.29) is 30.7 Å². The van der Waals surface area contributed by atoms with E-state index in [0.717, 1.165) is 5.69 Å². The molecule has 1 aromatic rings. The zero-order valence-corrected chi connectivity index (χ0v) is 11.9. The Morgan fingerprint density at radius 2 is 2.20 bits per heavy atom. The molecule has 2 amide bonds. The number of nitrogens with zero attached hydrogens (tertiary/aromatic N) is 2. The molecule has 0 unspecified atom stereocenters. The van der Waals surface area contributed by atoms with Crippen LogP contribution < -0.4 is 5.73 Å². The van der Waals surface area contributed by atoms with E-state index in [1.807, 2.05) is 13.8 Å². The Labute approximate surface area is 117 Å². The van der Waals surface area contributed by atoms with Crippen molar-refractivity contribution in [1.82, 2.24) is 10.1 Å². The molecule has 7 heteroatoms. The summed E-state index contributed by atoms with van der Waals surface area (Å²) < 4.78 is 10.4. The van der Waals surface area contributed by atoms with Crippen LogP contribution in [0, 0.1) is 0 Å². The summed E-state index contributed by atoms with van der Waals surface area (Å²) in [7, 11) is 0. The number of carbonyl (C=O) groups excluding carboxylic acids is 2. The van der Waals surface area contributed by atoms with Gasteiger partial charge >= 0.3 is 0 Å². The van der Waals surface area contributed by atoms with Gasteiger partial charge in [-0.15, -0.1) is 0 Å². The second-order valence-electron chi connectivity index (χ2n) is 5.44. The summed E-state index contributed by atoms with van der Waals surface area (Å²) in [5.74, 6) is -0.543. The number of carbonyl (C=O) groups is 2. The first-order valence-electron chi connectivity index (χ1n) is 6.53. The number of morpholine rings is 1. The molecule has 0 bridgehead atoms. The van der Waals surface area contributed by atoms with Gasteiger partial charge in [0.25, 0.3) is 11.8 Å². The molecule has 0 saturated carbocycles. The topological polar surface area (TPSA) is 98.7 Å². The van der Waals surface area contributed by atoms with Crippen molar-refractivity contribution >= 4 is 11.8 Å². The maximum absolute atomic E-state index is 12.3. The first-order valence-corrected chi connectivity index (χ1v) is 6.53. The van der Waals surface area contributed by atoms with Crippen LogP contribution in [-0.4, -0.2) is 47.2 Å². The smallest absolute Gasteiger partial charge is 0.292 e. The highest BCUT2D eigenvalue weighted by atomic mass is 16.5. The maximum Gasteiger partial charge on any atom is 0.292 e. The maximum atomic E-state index is 12.3. The summed E-state index contributed by atoms with van der Waals surface area (Å²) in [5.41, 5.74) is 4.87. The lowest BCUT2D eigenvalue weighted by Crippen LogP contribution is -2.58. The molecule has 2 heterocycles. The van der Waals surface area contributed by atoms with E-state index in [1.54, 1.807) is 13.0 Å². The van der Waals surface area contributed by atoms with Crippen molar-refractivity contribution in [3.05, 3.63) is 17.5 Å². The minimum absolute atomic E-state index is 0.110. The molecule has 0 radical (unpaired) electrons. The average Bonchev–Trinajstić information content (AvgIpc) is 2.87. The van der Waals surface area contributed by atoms with Crippen molar-refractivity contribution in [1.29, 1.82) is 0 Å². The summed E-state index contributed by atoms with van der Waals surface area (Å²) in [6.45, 7) is 6.26. The van der Waals surface area contributed by atoms with Gasteiger partial charge in [0.2, 0.25) is 5.76 Å². The van der Waals surface area contributed by atoms with E-state index >= 15 is 0 Å². The van der Waals surface area contributed by atoms with Crippen molar-refractivity contribution in [3.63, 3.8) is 0 Å². The Morgan fingerprint density at radius 1 is 1.50 bits per heavy atom. The molecule has 1 aliphatic heterocycles. The molecule has 1 saturated heterocycles. The molecule has 0 spiro atoms. The van der Waals surface area contributed by atoms with Gasteiger partial charge in [-0.1, -0.05) is 19.0 Å². The molecule has 1 atom stereocenters. The molecule has 0 aromatic carbocycles. The quantitative estimate of drug-likeness (QED) is 0.870. The Bertz CT molecular complexity index is 525. The standard InChI is InChI=1S/C13H19N3O4/c1-8(2)9-6-10(20-15-9)11(17)16-4-5-19-13(3,7-16)12(14)18/h6,8H,4-5,7H2,1-3H3,(H2,14,18)/t13-/m1/s1. The number of nitrogens with two attached hydrogens (primary N) is 1. The van der Waals surface area contributed by atoms with E-state index in [9.17, 15) is 9.59 Å². The number of hydrogen-bond donors (Lipinski definition) is 1. The number of rotatable bonds is 3. The first-order chi connectivity index (χ1) is 9.33. The number of primary amides is 1. The van der Waals surface area contributed by atoms with Crippen LogP contribution in [0.15, 0.2) is 10.6 Å². The van der Waals surface area contributed by atoms with Gasteiger partial charge in [-0.05, 0) is 12.8 Å². The SMILES string of the molecule is CC(C)c1cc(C(=O)N2CCO[C@@](C)(C(N)=O)C2)on1. The van der Waals surface area contributed by atoms with E-state index < -0.39 is 11.5 Å². The predicted molar refractivity (Wildman–Crippen MR) is 70.0 cm³/mol. The van der Waals surface area contributed by atoms with Crippen LogP contribution in [0.3, 0.4) is 0 Å². The number of ether oxygens (including phenoxy) is 1. The van der Waals surface area contributed by atoms with Gasteiger partial charge in [-0.3, -0.25) is 9.59 Å². The highest BCUT2D eigenvalue weighted by molar-refractivity contribution is 5.92. The van der Waals surface area contributed by atoms with Gasteiger partial charge in [0.05, 0.1) is 18.8 Å². The van der Waals surface area contributed by atoms with Crippen LogP contribution in [0.2, 0.25) is 0 Å². The summed E-state index contributed by atoms with van der Waals surface area (Å²) >= 11 is 0. The normalized spacial score (nSPS) is 23.1. The van der Waals surface area contributed by atoms with E-state index in [2.05, 4.69) is 5.16 Å². The van der Waals surface area contributed by atoms with E-state index in [4.69, 9.17) is 15.0 Å². The van der Waals surface area contributed by atoms with Gasteiger partial charge in [-0.2, -0.15) is 0 Å². The second kappa shape index (κ2) is 5.24. The van der Waals surface area contributed by atoms with Crippen LogP contribution in [-0.2, 0) is 9.53 Å². The number of amides is 2. The monoisotopic (exact) mass is 281 g/mol. The molecule has 110 valence electrons. The van der Waals surface area contributed by atoms with Crippen molar-refractivity contribution in [2.24, 2.45) is 5.73 Å². The minimum Gasteiger partial charge on any atom is -0.367 e. The molecule has 2 rings (SSSR count). The lowest BCUT2D eigenvalue weighted by molar-refractivity contribution is -0.150. The Balaban J connectivity index is 2.14. The largest absolute Gasteiger partial charge is 0.367 e. The highest BCUT2D eigenvalue weighted by Gasteiger charge is 2.40.